The molecule has 2 aliphatic rings. The van der Waals surface area contributed by atoms with E-state index in [-0.39, 0.29) is 37.0 Å². The molecule has 1 unspecified atom stereocenters. The Labute approximate surface area is 200 Å². The summed E-state index contributed by atoms with van der Waals surface area (Å²) in [7, 11) is 0. The van der Waals surface area contributed by atoms with Gasteiger partial charge in [0.25, 0.3) is 0 Å². The van der Waals surface area contributed by atoms with Gasteiger partial charge in [-0.2, -0.15) is 0 Å². The molecule has 2 aromatic rings. The fourth-order valence-electron chi connectivity index (χ4n) is 4.98. The Balaban J connectivity index is 0.00000306. The van der Waals surface area contributed by atoms with Gasteiger partial charge in [-0.15, -0.1) is 12.4 Å². The van der Waals surface area contributed by atoms with Crippen molar-refractivity contribution in [2.45, 2.75) is 51.7 Å². The number of benzene rings is 2. The highest BCUT2D eigenvalue weighted by atomic mass is 35.5. The van der Waals surface area contributed by atoms with Crippen molar-refractivity contribution in [1.82, 2.24) is 4.90 Å². The van der Waals surface area contributed by atoms with Crippen molar-refractivity contribution < 1.29 is 23.0 Å². The zero-order valence-corrected chi connectivity index (χ0v) is 20.1. The summed E-state index contributed by atoms with van der Waals surface area (Å²) in [6.45, 7) is 7.00. The van der Waals surface area contributed by atoms with Crippen LogP contribution in [-0.2, 0) is 13.0 Å². The van der Waals surface area contributed by atoms with Crippen LogP contribution in [0.3, 0.4) is 0 Å². The van der Waals surface area contributed by atoms with E-state index in [4.69, 9.17) is 9.47 Å². The third-order valence-electron chi connectivity index (χ3n) is 6.51. The molecule has 33 heavy (non-hydrogen) atoms. The fraction of sp³-hybridized carbons (Fsp3) is 0.500. The molecule has 0 spiro atoms. The van der Waals surface area contributed by atoms with Gasteiger partial charge in [-0.25, -0.2) is 8.78 Å². The van der Waals surface area contributed by atoms with Gasteiger partial charge in [-0.05, 0) is 87.5 Å². The van der Waals surface area contributed by atoms with Crippen LogP contribution >= 0.6 is 12.4 Å². The van der Waals surface area contributed by atoms with E-state index in [0.717, 1.165) is 31.5 Å². The number of piperidine rings is 1. The second kappa shape index (κ2) is 10.8. The van der Waals surface area contributed by atoms with Gasteiger partial charge in [0.15, 0.2) is 17.2 Å². The fourth-order valence-corrected chi connectivity index (χ4v) is 4.98. The molecule has 0 bridgehead atoms. The minimum absolute atomic E-state index is 0. The molecule has 1 fully saturated rings. The molecule has 1 aliphatic heterocycles. The summed E-state index contributed by atoms with van der Waals surface area (Å²) in [5.74, 6) is 0.557. The highest BCUT2D eigenvalue weighted by Crippen LogP contribution is 2.43. The molecule has 2 aromatic carbocycles. The van der Waals surface area contributed by atoms with Crippen LogP contribution in [0.2, 0.25) is 0 Å². The summed E-state index contributed by atoms with van der Waals surface area (Å²) >= 11 is 0. The van der Waals surface area contributed by atoms with Crippen LogP contribution in [0.15, 0.2) is 36.4 Å². The SMILES string of the molecule is CCOc1cc2c(cc1OCC)C(=O)C(F)(CC1CCN(Cc3cccc(F)c3)CC1)C2.Cl. The third-order valence-corrected chi connectivity index (χ3v) is 6.51. The molecule has 180 valence electrons. The molecule has 7 heteroatoms. The van der Waals surface area contributed by atoms with Gasteiger partial charge in [0.2, 0.25) is 5.78 Å². The number of ether oxygens (including phenoxy) is 2. The average Bonchev–Trinajstić information content (AvgIpc) is 3.00. The molecule has 0 saturated carbocycles. The van der Waals surface area contributed by atoms with Crippen LogP contribution in [0.1, 0.15) is 54.6 Å². The van der Waals surface area contributed by atoms with Gasteiger partial charge in [0.05, 0.1) is 13.2 Å². The molecule has 0 radical (unpaired) electrons. The first-order valence-electron chi connectivity index (χ1n) is 11.5. The number of Topliss-reactive ketones (excluding diaryl/α,β-unsaturated/α-hetero) is 1. The number of nitrogens with zero attached hydrogens (tertiary/aromatic N) is 1. The molecule has 0 aromatic heterocycles. The lowest BCUT2D eigenvalue weighted by Crippen LogP contribution is -2.38. The number of carbonyl (C=O) groups excluding carboxylic acids is 1. The summed E-state index contributed by atoms with van der Waals surface area (Å²) in [6, 6.07) is 10.1. The first kappa shape index (κ1) is 25.4. The van der Waals surface area contributed by atoms with Crippen molar-refractivity contribution in [3.8, 4) is 11.5 Å². The number of rotatable bonds is 8. The molecule has 0 amide bonds. The lowest BCUT2D eigenvalue weighted by atomic mass is 9.83. The summed E-state index contributed by atoms with van der Waals surface area (Å²) in [5.41, 5.74) is 0.199. The topological polar surface area (TPSA) is 38.8 Å². The van der Waals surface area contributed by atoms with Crippen LogP contribution < -0.4 is 9.47 Å². The van der Waals surface area contributed by atoms with Gasteiger partial charge in [-0.3, -0.25) is 9.69 Å². The van der Waals surface area contributed by atoms with Crippen molar-refractivity contribution in [3.05, 3.63) is 58.9 Å². The van der Waals surface area contributed by atoms with E-state index in [1.807, 2.05) is 19.9 Å². The maximum atomic E-state index is 15.9. The Bertz CT molecular complexity index is 978. The lowest BCUT2D eigenvalue weighted by Gasteiger charge is -2.34. The Hall–Kier alpha value is -2.18. The second-order valence-electron chi connectivity index (χ2n) is 8.85. The highest BCUT2D eigenvalue weighted by Gasteiger charge is 2.48. The predicted octanol–water partition coefficient (Wildman–Crippen LogP) is 5.79. The number of carbonyl (C=O) groups is 1. The van der Waals surface area contributed by atoms with Crippen LogP contribution in [0.25, 0.3) is 0 Å². The summed E-state index contributed by atoms with van der Waals surface area (Å²) in [6.07, 6.45) is 2.00. The highest BCUT2D eigenvalue weighted by molar-refractivity contribution is 6.07. The number of ketones is 1. The molecule has 1 saturated heterocycles. The number of alkyl halides is 1. The third kappa shape index (κ3) is 5.67. The van der Waals surface area contributed by atoms with Gasteiger partial charge < -0.3 is 9.47 Å². The Morgan fingerprint density at radius 3 is 2.36 bits per heavy atom. The van der Waals surface area contributed by atoms with Crippen LogP contribution in [0.4, 0.5) is 8.78 Å². The number of halogens is 3. The molecule has 0 N–H and O–H groups in total. The Kier molecular flexibility index (Phi) is 8.35. The molecular weight excluding hydrogens is 448 g/mol. The largest absolute Gasteiger partial charge is 0.490 e. The van der Waals surface area contributed by atoms with E-state index in [1.165, 1.54) is 6.07 Å². The summed E-state index contributed by atoms with van der Waals surface area (Å²) in [5, 5.41) is 0. The average molecular weight is 480 g/mol. The minimum Gasteiger partial charge on any atom is -0.490 e. The molecule has 4 rings (SSSR count). The monoisotopic (exact) mass is 479 g/mol. The van der Waals surface area contributed by atoms with Gasteiger partial charge >= 0.3 is 0 Å². The van der Waals surface area contributed by atoms with Crippen molar-refractivity contribution in [3.63, 3.8) is 0 Å². The molecule has 1 aliphatic carbocycles. The van der Waals surface area contributed by atoms with Crippen molar-refractivity contribution in [2.24, 2.45) is 5.92 Å². The lowest BCUT2D eigenvalue weighted by molar-refractivity contribution is 0.0587. The van der Waals surface area contributed by atoms with Gasteiger partial charge in [-0.1, -0.05) is 12.1 Å². The van der Waals surface area contributed by atoms with E-state index in [9.17, 15) is 9.18 Å². The normalized spacial score (nSPS) is 20.9. The molecular formula is C26H32ClF2NO3. The van der Waals surface area contributed by atoms with Gasteiger partial charge in [0.1, 0.15) is 5.82 Å². The summed E-state index contributed by atoms with van der Waals surface area (Å²) in [4.78, 5) is 15.3. The van der Waals surface area contributed by atoms with E-state index in [2.05, 4.69) is 4.90 Å². The molecule has 1 atom stereocenters. The van der Waals surface area contributed by atoms with Crippen LogP contribution in [-0.4, -0.2) is 42.7 Å². The number of fused-ring (bicyclic) bond motifs is 1. The second-order valence-corrected chi connectivity index (χ2v) is 8.85. The smallest absolute Gasteiger partial charge is 0.200 e. The first-order valence-corrected chi connectivity index (χ1v) is 11.5. The zero-order valence-electron chi connectivity index (χ0n) is 19.2. The van der Waals surface area contributed by atoms with Crippen molar-refractivity contribution in [1.29, 1.82) is 0 Å². The van der Waals surface area contributed by atoms with Gasteiger partial charge in [0, 0.05) is 18.5 Å². The van der Waals surface area contributed by atoms with Crippen molar-refractivity contribution in [2.75, 3.05) is 26.3 Å². The maximum Gasteiger partial charge on any atom is 0.200 e. The van der Waals surface area contributed by atoms with E-state index in [1.54, 1.807) is 24.3 Å². The summed E-state index contributed by atoms with van der Waals surface area (Å²) < 4.78 is 40.6. The van der Waals surface area contributed by atoms with Crippen LogP contribution in [0.5, 0.6) is 11.5 Å². The molecule has 4 nitrogen and oxygen atoms in total. The van der Waals surface area contributed by atoms with E-state index >= 15 is 4.39 Å². The quantitative estimate of drug-likeness (QED) is 0.480. The van der Waals surface area contributed by atoms with E-state index in [0.29, 0.717) is 42.4 Å². The minimum atomic E-state index is -1.87. The standard InChI is InChI=1S/C26H31F2NO3.ClH/c1-3-31-23-13-20-16-26(28,25(30)22(20)14-24(23)32-4-2)15-18-8-10-29(11-9-18)17-19-6-5-7-21(27)12-19;/h5-7,12-14,18H,3-4,8-11,15-17H2,1-2H3;1H. The maximum absolute atomic E-state index is 15.9. The van der Waals surface area contributed by atoms with E-state index < -0.39 is 11.5 Å². The predicted molar refractivity (Wildman–Crippen MR) is 127 cm³/mol. The zero-order chi connectivity index (χ0) is 22.7. The van der Waals surface area contributed by atoms with Crippen LogP contribution in [0, 0.1) is 11.7 Å². The molecule has 1 heterocycles. The Morgan fingerprint density at radius 1 is 1.06 bits per heavy atom. The number of hydrogen-bond acceptors (Lipinski definition) is 4. The first-order chi connectivity index (χ1) is 15.4. The number of likely N-dealkylation sites (tertiary alicyclic amines) is 1. The van der Waals surface area contributed by atoms with Crippen molar-refractivity contribution >= 4 is 18.2 Å². The number of hydrogen-bond donors (Lipinski definition) is 0. The Morgan fingerprint density at radius 2 is 1.73 bits per heavy atom.